The number of carbonyl (C=O) groups excluding carboxylic acids is 3. The molecule has 1 fully saturated rings. The summed E-state index contributed by atoms with van der Waals surface area (Å²) in [5, 5.41) is 4.04. The molecule has 7 N–H and O–H groups in total. The van der Waals surface area contributed by atoms with E-state index in [0.29, 0.717) is 24.5 Å². The monoisotopic (exact) mass is 615 g/mol. The Bertz CT molecular complexity index is 1190. The maximum Gasteiger partial charge on any atom is 0.318 e. The normalized spacial score (nSPS) is 15.0. The molecule has 216 valence electrons. The van der Waals surface area contributed by atoms with Crippen molar-refractivity contribution in [3.8, 4) is 0 Å². The molecule has 3 rings (SSSR count). The van der Waals surface area contributed by atoms with Gasteiger partial charge < -0.3 is 36.3 Å². The van der Waals surface area contributed by atoms with Crippen LogP contribution in [0, 0.1) is 0 Å². The predicted molar refractivity (Wildman–Crippen MR) is 157 cm³/mol. The van der Waals surface area contributed by atoms with Crippen LogP contribution in [0.1, 0.15) is 43.4 Å². The fourth-order valence-corrected chi connectivity index (χ4v) is 5.08. The Morgan fingerprint density at radius 1 is 1.18 bits per heavy atom. The Hall–Kier alpha value is -3.77. The van der Waals surface area contributed by atoms with Crippen molar-refractivity contribution in [2.24, 2.45) is 11.6 Å². The lowest BCUT2D eigenvalue weighted by molar-refractivity contribution is -0.143. The van der Waals surface area contributed by atoms with Crippen LogP contribution in [0.4, 0.5) is 10.5 Å². The molecule has 0 saturated carbocycles. The molecule has 0 aromatic heterocycles. The van der Waals surface area contributed by atoms with Crippen molar-refractivity contribution in [3.63, 3.8) is 0 Å². The van der Waals surface area contributed by atoms with E-state index in [-0.39, 0.29) is 50.5 Å². The van der Waals surface area contributed by atoms with Crippen LogP contribution in [-0.2, 0) is 20.9 Å². The van der Waals surface area contributed by atoms with Crippen LogP contribution in [0.2, 0.25) is 0 Å². The molecule has 11 nitrogen and oxygen atoms in total. The Morgan fingerprint density at radius 3 is 2.60 bits per heavy atom. The van der Waals surface area contributed by atoms with Crippen LogP contribution in [0.25, 0.3) is 0 Å². The van der Waals surface area contributed by atoms with E-state index in [2.05, 4.69) is 21.2 Å². The number of nitrogens with two attached hydrogens (primary N) is 3. The van der Waals surface area contributed by atoms with E-state index >= 15 is 0 Å². The predicted octanol–water partition coefficient (Wildman–Crippen LogP) is 2.84. The number of hydrogen-bond donors (Lipinski definition) is 4. The maximum atomic E-state index is 13.3. The maximum absolute atomic E-state index is 13.3. The SMILES string of the molecule is CCOC(=O)CCN(N)/C=C(\N)CN(Cc1ccc(N)cc1)C(=O)NCC(=O)N1CCCC1c1ccccc1Br. The number of esters is 1. The Kier molecular flexibility index (Phi) is 11.6. The number of nitrogens with one attached hydrogen (secondary N) is 1. The van der Waals surface area contributed by atoms with E-state index in [1.807, 2.05) is 41.3 Å². The molecular weight excluding hydrogens is 578 g/mol. The van der Waals surface area contributed by atoms with Gasteiger partial charge in [-0.15, -0.1) is 0 Å². The Balaban J connectivity index is 1.65. The third kappa shape index (κ3) is 9.16. The number of halogens is 1. The van der Waals surface area contributed by atoms with E-state index in [0.717, 1.165) is 28.4 Å². The average molecular weight is 617 g/mol. The number of ether oxygens (including phenoxy) is 1. The lowest BCUT2D eigenvalue weighted by Crippen LogP contribution is -2.46. The van der Waals surface area contributed by atoms with Gasteiger partial charge in [0, 0.05) is 41.7 Å². The molecule has 2 aromatic carbocycles. The van der Waals surface area contributed by atoms with E-state index in [1.165, 1.54) is 16.1 Å². The molecule has 1 aliphatic rings. The summed E-state index contributed by atoms with van der Waals surface area (Å²) in [4.78, 5) is 41.3. The van der Waals surface area contributed by atoms with E-state index in [4.69, 9.17) is 22.0 Å². The molecule has 12 heteroatoms. The second-order valence-corrected chi connectivity index (χ2v) is 10.4. The van der Waals surface area contributed by atoms with Gasteiger partial charge in [-0.2, -0.15) is 0 Å². The first-order valence-electron chi connectivity index (χ1n) is 13.2. The summed E-state index contributed by atoms with van der Waals surface area (Å²) in [7, 11) is 0. The number of anilines is 1. The number of nitrogens with zero attached hydrogens (tertiary/aromatic N) is 3. The van der Waals surface area contributed by atoms with Crippen molar-refractivity contribution in [1.29, 1.82) is 0 Å². The van der Waals surface area contributed by atoms with Crippen molar-refractivity contribution in [2.45, 2.75) is 38.8 Å². The number of urea groups is 1. The molecule has 1 heterocycles. The first kappa shape index (κ1) is 30.8. The smallest absolute Gasteiger partial charge is 0.318 e. The zero-order valence-corrected chi connectivity index (χ0v) is 24.3. The molecule has 1 unspecified atom stereocenters. The van der Waals surface area contributed by atoms with Crippen molar-refractivity contribution in [1.82, 2.24) is 20.1 Å². The summed E-state index contributed by atoms with van der Waals surface area (Å²) in [6.45, 7) is 2.98. The van der Waals surface area contributed by atoms with Gasteiger partial charge in [0.1, 0.15) is 0 Å². The summed E-state index contributed by atoms with van der Waals surface area (Å²) in [5.41, 5.74) is 14.8. The summed E-state index contributed by atoms with van der Waals surface area (Å²) in [5.74, 6) is 5.44. The minimum absolute atomic E-state index is 0.0425. The van der Waals surface area contributed by atoms with E-state index < -0.39 is 6.03 Å². The van der Waals surface area contributed by atoms with Gasteiger partial charge in [0.15, 0.2) is 0 Å². The van der Waals surface area contributed by atoms with Gasteiger partial charge >= 0.3 is 12.0 Å². The van der Waals surface area contributed by atoms with Crippen LogP contribution in [0.5, 0.6) is 0 Å². The number of carbonyl (C=O) groups is 3. The van der Waals surface area contributed by atoms with E-state index in [9.17, 15) is 14.4 Å². The number of nitrogen functional groups attached to an aromatic ring is 1. The quantitative estimate of drug-likeness (QED) is 0.123. The van der Waals surface area contributed by atoms with Gasteiger partial charge in [-0.25, -0.2) is 10.6 Å². The molecule has 0 spiro atoms. The fraction of sp³-hybridized carbons (Fsp3) is 0.393. The molecule has 40 heavy (non-hydrogen) atoms. The van der Waals surface area contributed by atoms with Crippen LogP contribution in [0.15, 0.2) is 64.9 Å². The minimum Gasteiger partial charge on any atom is -0.466 e. The number of hydrogen-bond acceptors (Lipinski definition) is 8. The lowest BCUT2D eigenvalue weighted by Gasteiger charge is -2.27. The summed E-state index contributed by atoms with van der Waals surface area (Å²) < 4.78 is 5.87. The van der Waals surface area contributed by atoms with Crippen LogP contribution >= 0.6 is 15.9 Å². The molecule has 0 bridgehead atoms. The molecule has 0 radical (unpaired) electrons. The number of amides is 3. The van der Waals surface area contributed by atoms with Crippen LogP contribution in [0.3, 0.4) is 0 Å². The number of benzene rings is 2. The van der Waals surface area contributed by atoms with Crippen LogP contribution in [-0.4, -0.2) is 65.5 Å². The summed E-state index contributed by atoms with van der Waals surface area (Å²) in [6.07, 6.45) is 3.32. The van der Waals surface area contributed by atoms with Gasteiger partial charge in [-0.3, -0.25) is 9.59 Å². The third-order valence-corrected chi connectivity index (χ3v) is 7.18. The largest absolute Gasteiger partial charge is 0.466 e. The fourth-order valence-electron chi connectivity index (χ4n) is 4.53. The van der Waals surface area contributed by atoms with Crippen molar-refractivity contribution >= 4 is 39.5 Å². The highest BCUT2D eigenvalue weighted by molar-refractivity contribution is 9.10. The lowest BCUT2D eigenvalue weighted by atomic mass is 10.0. The van der Waals surface area contributed by atoms with Gasteiger partial charge in [-0.05, 0) is 49.1 Å². The second-order valence-electron chi connectivity index (χ2n) is 9.52. The second kappa shape index (κ2) is 15.1. The molecule has 1 aliphatic heterocycles. The molecular formula is C28H38BrN7O4. The van der Waals surface area contributed by atoms with Crippen molar-refractivity contribution < 1.29 is 19.1 Å². The molecule has 2 aromatic rings. The van der Waals surface area contributed by atoms with Crippen molar-refractivity contribution in [3.05, 3.63) is 76.0 Å². The van der Waals surface area contributed by atoms with E-state index in [1.54, 1.807) is 19.1 Å². The first-order chi connectivity index (χ1) is 19.2. The number of rotatable bonds is 12. The molecule has 3 amide bonds. The zero-order valence-electron chi connectivity index (χ0n) is 22.7. The number of likely N-dealkylation sites (tertiary alicyclic amines) is 1. The van der Waals surface area contributed by atoms with Gasteiger partial charge in [0.2, 0.25) is 5.91 Å². The highest BCUT2D eigenvalue weighted by Crippen LogP contribution is 2.35. The highest BCUT2D eigenvalue weighted by atomic mass is 79.9. The molecule has 0 aliphatic carbocycles. The molecule has 1 saturated heterocycles. The topological polar surface area (TPSA) is 160 Å². The van der Waals surface area contributed by atoms with Gasteiger partial charge in [0.05, 0.1) is 32.2 Å². The Morgan fingerprint density at radius 2 is 1.90 bits per heavy atom. The standard InChI is InChI=1S/C28H38BrN7O4/c1-2-40-27(38)13-15-35(32)19-22(31)18-34(17-20-9-11-21(30)12-10-20)28(39)33-16-26(37)36-14-5-8-25(36)23-6-3-4-7-24(23)29/h3-4,6-7,9-12,19,25H,2,5,8,13-18,30-32H2,1H3,(H,33,39)/b22-19-. The van der Waals surface area contributed by atoms with Gasteiger partial charge in [-0.1, -0.05) is 46.3 Å². The summed E-state index contributed by atoms with van der Waals surface area (Å²) in [6, 6.07) is 14.5. The third-order valence-electron chi connectivity index (χ3n) is 6.45. The zero-order chi connectivity index (χ0) is 29.1. The minimum atomic E-state index is -0.451. The first-order valence-corrected chi connectivity index (χ1v) is 14.0. The summed E-state index contributed by atoms with van der Waals surface area (Å²) >= 11 is 3.59. The highest BCUT2D eigenvalue weighted by Gasteiger charge is 2.31. The average Bonchev–Trinajstić information content (AvgIpc) is 3.41. The number of hydrazine groups is 1. The van der Waals surface area contributed by atoms with Gasteiger partial charge in [0.25, 0.3) is 0 Å². The van der Waals surface area contributed by atoms with Crippen LogP contribution < -0.4 is 22.6 Å². The molecule has 1 atom stereocenters. The Labute approximate surface area is 243 Å². The van der Waals surface area contributed by atoms with Crippen molar-refractivity contribution in [2.75, 3.05) is 38.5 Å².